The number of urea groups is 1. The third-order valence-electron chi connectivity index (χ3n) is 8.20. The molecule has 1 fully saturated rings. The van der Waals surface area contributed by atoms with Gasteiger partial charge in [0.05, 0.1) is 18.7 Å². The van der Waals surface area contributed by atoms with Crippen LogP contribution in [0.15, 0.2) is 71.3 Å². The fraction of sp³-hybridized carbons (Fsp3) is 0.500. The summed E-state index contributed by atoms with van der Waals surface area (Å²) >= 11 is 6.91. The van der Waals surface area contributed by atoms with Crippen LogP contribution in [-0.2, 0) is 17.5 Å². The van der Waals surface area contributed by atoms with Gasteiger partial charge in [-0.05, 0) is 60.5 Å². The fourth-order valence-corrected chi connectivity index (χ4v) is 6.39. The van der Waals surface area contributed by atoms with Gasteiger partial charge in [0.2, 0.25) is 0 Å². The van der Waals surface area contributed by atoms with Gasteiger partial charge in [-0.1, -0.05) is 93.0 Å². The molecule has 0 unspecified atom stereocenters. The molecule has 1 saturated heterocycles. The van der Waals surface area contributed by atoms with Gasteiger partial charge in [0.15, 0.2) is 8.32 Å². The van der Waals surface area contributed by atoms with Crippen molar-refractivity contribution in [3.8, 4) is 0 Å². The van der Waals surface area contributed by atoms with E-state index in [0.717, 1.165) is 41.8 Å². The standard InChI is InChI=1S/C30H41ClN2O2Si/c1-30(2,3)36(4,5)35-22-27-28(25-18-12-13-19-26(25)31)33(21-24-16-10-7-11-17-24)29(34)32(27)20-23-14-8-6-9-15-23/h6-11,14-17,27-28H,12-13,18-22H2,1-5H3/t27-,28-/m0/s1. The Labute approximate surface area is 223 Å². The smallest absolute Gasteiger partial charge is 0.321 e. The normalized spacial score (nSPS) is 21.4. The van der Waals surface area contributed by atoms with E-state index in [1.54, 1.807) is 0 Å². The number of amides is 2. The number of carbonyl (C=O) groups excluding carboxylic acids is 1. The third kappa shape index (κ3) is 5.90. The molecule has 0 spiro atoms. The zero-order chi connectivity index (χ0) is 25.9. The molecule has 2 amide bonds. The highest BCUT2D eigenvalue weighted by molar-refractivity contribution is 6.74. The highest BCUT2D eigenvalue weighted by atomic mass is 35.5. The van der Waals surface area contributed by atoms with Gasteiger partial charge >= 0.3 is 6.03 Å². The lowest BCUT2D eigenvalue weighted by atomic mass is 9.89. The average molecular weight is 525 g/mol. The minimum atomic E-state index is -2.01. The minimum Gasteiger partial charge on any atom is -0.415 e. The summed E-state index contributed by atoms with van der Waals surface area (Å²) in [5.74, 6) is 0. The van der Waals surface area contributed by atoms with Crippen molar-refractivity contribution in [3.05, 3.63) is 82.4 Å². The Bertz CT molecular complexity index is 1070. The molecule has 1 aliphatic carbocycles. The summed E-state index contributed by atoms with van der Waals surface area (Å²) in [5.41, 5.74) is 3.49. The Morgan fingerprint density at radius 3 is 1.94 bits per heavy atom. The molecule has 2 atom stereocenters. The lowest BCUT2D eigenvalue weighted by molar-refractivity contribution is 0.156. The summed E-state index contributed by atoms with van der Waals surface area (Å²) in [4.78, 5) is 18.2. The van der Waals surface area contributed by atoms with Gasteiger partial charge < -0.3 is 14.2 Å². The van der Waals surface area contributed by atoms with E-state index in [1.165, 1.54) is 5.57 Å². The van der Waals surface area contributed by atoms with E-state index >= 15 is 0 Å². The van der Waals surface area contributed by atoms with Crippen molar-refractivity contribution >= 4 is 25.9 Å². The van der Waals surface area contributed by atoms with Gasteiger partial charge in [-0.3, -0.25) is 0 Å². The Balaban J connectivity index is 1.74. The van der Waals surface area contributed by atoms with Crippen LogP contribution in [0, 0.1) is 0 Å². The summed E-state index contributed by atoms with van der Waals surface area (Å²) in [7, 11) is -2.01. The molecule has 194 valence electrons. The lowest BCUT2D eigenvalue weighted by Gasteiger charge is -2.39. The van der Waals surface area contributed by atoms with Gasteiger partial charge in [0.25, 0.3) is 0 Å². The Morgan fingerprint density at radius 2 is 1.42 bits per heavy atom. The number of carbonyl (C=O) groups is 1. The molecule has 0 bridgehead atoms. The molecule has 0 N–H and O–H groups in total. The summed E-state index contributed by atoms with van der Waals surface area (Å²) in [6.07, 6.45) is 4.07. The van der Waals surface area contributed by atoms with Crippen molar-refractivity contribution in [2.75, 3.05) is 6.61 Å². The fourth-order valence-electron chi connectivity index (χ4n) is 5.03. The maximum atomic E-state index is 14.1. The Kier molecular flexibility index (Phi) is 8.33. The molecule has 0 saturated carbocycles. The molecule has 0 aromatic heterocycles. The molecule has 0 radical (unpaired) electrons. The first-order chi connectivity index (χ1) is 17.1. The molecule has 6 heteroatoms. The number of hydrogen-bond acceptors (Lipinski definition) is 2. The van der Waals surface area contributed by atoms with Crippen LogP contribution < -0.4 is 0 Å². The number of hydrogen-bond donors (Lipinski definition) is 0. The molecule has 1 heterocycles. The van der Waals surface area contributed by atoms with E-state index in [-0.39, 0.29) is 23.2 Å². The van der Waals surface area contributed by atoms with Crippen LogP contribution in [0.25, 0.3) is 0 Å². The van der Waals surface area contributed by atoms with Crippen LogP contribution >= 0.6 is 11.6 Å². The predicted octanol–water partition coefficient (Wildman–Crippen LogP) is 7.95. The van der Waals surface area contributed by atoms with Gasteiger partial charge in [0, 0.05) is 18.1 Å². The zero-order valence-corrected chi connectivity index (χ0v) is 24.2. The molecule has 2 aromatic carbocycles. The maximum absolute atomic E-state index is 14.1. The monoisotopic (exact) mass is 524 g/mol. The highest BCUT2D eigenvalue weighted by Gasteiger charge is 2.49. The predicted molar refractivity (Wildman–Crippen MR) is 151 cm³/mol. The molecule has 36 heavy (non-hydrogen) atoms. The van der Waals surface area contributed by atoms with Crippen LogP contribution in [0.3, 0.4) is 0 Å². The Hall–Kier alpha value is -2.08. The number of rotatable bonds is 8. The molecule has 4 nitrogen and oxygen atoms in total. The summed E-state index contributed by atoms with van der Waals surface area (Å²) in [5, 5.41) is 1.04. The number of allylic oxidation sites excluding steroid dienone is 1. The second-order valence-corrected chi connectivity index (χ2v) is 17.0. The van der Waals surface area contributed by atoms with Crippen molar-refractivity contribution < 1.29 is 9.22 Å². The molecular weight excluding hydrogens is 484 g/mol. The second-order valence-electron chi connectivity index (χ2n) is 11.7. The topological polar surface area (TPSA) is 32.8 Å². The number of benzene rings is 2. The van der Waals surface area contributed by atoms with Crippen LogP contribution in [0.4, 0.5) is 4.79 Å². The summed E-state index contributed by atoms with van der Waals surface area (Å²) in [6.45, 7) is 13.0. The van der Waals surface area contributed by atoms with Crippen molar-refractivity contribution in [2.24, 2.45) is 0 Å². The van der Waals surface area contributed by atoms with Gasteiger partial charge in [-0.25, -0.2) is 4.79 Å². The molecule has 2 aliphatic rings. The minimum absolute atomic E-state index is 0.0686. The molecule has 1 aliphatic heterocycles. The highest BCUT2D eigenvalue weighted by Crippen LogP contribution is 2.41. The van der Waals surface area contributed by atoms with E-state index < -0.39 is 8.32 Å². The second kappa shape index (κ2) is 11.1. The van der Waals surface area contributed by atoms with Crippen molar-refractivity contribution in [1.82, 2.24) is 9.80 Å². The van der Waals surface area contributed by atoms with Crippen molar-refractivity contribution in [3.63, 3.8) is 0 Å². The largest absolute Gasteiger partial charge is 0.415 e. The summed E-state index contributed by atoms with van der Waals surface area (Å²) < 4.78 is 6.80. The third-order valence-corrected chi connectivity index (χ3v) is 13.1. The lowest BCUT2D eigenvalue weighted by Crippen LogP contribution is -2.48. The van der Waals surface area contributed by atoms with Crippen LogP contribution in [0.5, 0.6) is 0 Å². The van der Waals surface area contributed by atoms with E-state index in [1.807, 2.05) is 41.3 Å². The maximum Gasteiger partial charge on any atom is 0.321 e. The first kappa shape index (κ1) is 27.0. The SMILES string of the molecule is CC(C)(C)[Si](C)(C)OC[C@H]1[C@H](C2=C(Cl)CCCC2)N(Cc2ccccc2)C(=O)N1Cc1ccccc1. The van der Waals surface area contributed by atoms with Crippen LogP contribution in [0.2, 0.25) is 18.1 Å². The van der Waals surface area contributed by atoms with E-state index in [9.17, 15) is 4.79 Å². The van der Waals surface area contributed by atoms with E-state index in [4.69, 9.17) is 16.0 Å². The zero-order valence-electron chi connectivity index (χ0n) is 22.5. The molecular formula is C30H41ClN2O2Si. The van der Waals surface area contributed by atoms with E-state index in [0.29, 0.717) is 19.7 Å². The van der Waals surface area contributed by atoms with Crippen LogP contribution in [-0.4, -0.2) is 42.8 Å². The Morgan fingerprint density at radius 1 is 0.889 bits per heavy atom. The first-order valence-electron chi connectivity index (χ1n) is 13.2. The first-order valence-corrected chi connectivity index (χ1v) is 16.5. The molecule has 4 rings (SSSR count). The van der Waals surface area contributed by atoms with E-state index in [2.05, 4.69) is 63.0 Å². The molecule has 2 aromatic rings. The summed E-state index contributed by atoms with van der Waals surface area (Å²) in [6, 6.07) is 20.5. The average Bonchev–Trinajstić information content (AvgIpc) is 3.09. The quantitative estimate of drug-likeness (QED) is 0.328. The van der Waals surface area contributed by atoms with Crippen LogP contribution in [0.1, 0.15) is 57.6 Å². The van der Waals surface area contributed by atoms with Gasteiger partial charge in [-0.2, -0.15) is 0 Å². The van der Waals surface area contributed by atoms with Crippen molar-refractivity contribution in [1.29, 1.82) is 0 Å². The van der Waals surface area contributed by atoms with Gasteiger partial charge in [-0.15, -0.1) is 0 Å². The van der Waals surface area contributed by atoms with Crippen molar-refractivity contribution in [2.45, 2.75) is 89.8 Å². The number of nitrogens with zero attached hydrogens (tertiary/aromatic N) is 2. The number of halogens is 1. The van der Waals surface area contributed by atoms with Gasteiger partial charge in [0.1, 0.15) is 0 Å².